The second kappa shape index (κ2) is 5.77. The van der Waals surface area contributed by atoms with Crippen LogP contribution in [0.15, 0.2) is 40.9 Å². The van der Waals surface area contributed by atoms with Gasteiger partial charge in [-0.3, -0.25) is 4.79 Å². The lowest BCUT2D eigenvalue weighted by Gasteiger charge is -2.21. The molecule has 0 saturated heterocycles. The van der Waals surface area contributed by atoms with Crippen molar-refractivity contribution < 1.29 is 9.90 Å². The quantitative estimate of drug-likeness (QED) is 0.775. The van der Waals surface area contributed by atoms with Gasteiger partial charge in [0.2, 0.25) is 0 Å². The first kappa shape index (κ1) is 13.9. The van der Waals surface area contributed by atoms with Gasteiger partial charge in [0.25, 0.3) is 5.91 Å². The molecule has 0 unspecified atom stereocenters. The van der Waals surface area contributed by atoms with Gasteiger partial charge in [0, 0.05) is 11.0 Å². The third-order valence-electron chi connectivity index (χ3n) is 3.53. The summed E-state index contributed by atoms with van der Waals surface area (Å²) in [6.45, 7) is 0.906. The van der Waals surface area contributed by atoms with E-state index in [1.807, 2.05) is 12.1 Å². The van der Waals surface area contributed by atoms with Gasteiger partial charge in [-0.1, -0.05) is 28.1 Å². The largest absolute Gasteiger partial charge is 0.507 e. The molecule has 4 nitrogen and oxygen atoms in total. The summed E-state index contributed by atoms with van der Waals surface area (Å²) in [4.78, 5) is 12.3. The van der Waals surface area contributed by atoms with Crippen LogP contribution in [0.2, 0.25) is 0 Å². The molecule has 0 aromatic heterocycles. The van der Waals surface area contributed by atoms with E-state index < -0.39 is 0 Å². The molecule has 0 radical (unpaired) electrons. The van der Waals surface area contributed by atoms with Crippen LogP contribution in [0.1, 0.15) is 22.3 Å². The molecule has 2 aromatic rings. The van der Waals surface area contributed by atoms with Gasteiger partial charge in [-0.05, 0) is 42.7 Å². The molecule has 1 aliphatic heterocycles. The fourth-order valence-electron chi connectivity index (χ4n) is 2.50. The first-order chi connectivity index (χ1) is 10.1. The second-order valence-corrected chi connectivity index (χ2v) is 5.90. The van der Waals surface area contributed by atoms with Crippen molar-refractivity contribution in [3.05, 3.63) is 52.0 Å². The molecule has 1 amide bonds. The number of para-hydroxylation sites is 1. The van der Waals surface area contributed by atoms with Crippen molar-refractivity contribution in [1.82, 2.24) is 0 Å². The molecule has 3 N–H and O–H groups in total. The Kier molecular flexibility index (Phi) is 3.84. The van der Waals surface area contributed by atoms with E-state index in [1.54, 1.807) is 12.1 Å². The monoisotopic (exact) mass is 346 g/mol. The van der Waals surface area contributed by atoms with Crippen LogP contribution in [0.25, 0.3) is 0 Å². The topological polar surface area (TPSA) is 61.4 Å². The third kappa shape index (κ3) is 2.88. The molecular formula is C16H15BrN2O2. The van der Waals surface area contributed by atoms with E-state index in [-0.39, 0.29) is 17.2 Å². The molecule has 1 aliphatic rings. The maximum atomic E-state index is 12.3. The van der Waals surface area contributed by atoms with Crippen LogP contribution < -0.4 is 10.6 Å². The summed E-state index contributed by atoms with van der Waals surface area (Å²) in [6, 6.07) is 10.7. The number of nitrogens with one attached hydrogen (secondary N) is 2. The minimum atomic E-state index is -0.319. The Morgan fingerprint density at radius 2 is 2.14 bits per heavy atom. The smallest absolute Gasteiger partial charge is 0.259 e. The molecule has 3 rings (SSSR count). The van der Waals surface area contributed by atoms with Crippen molar-refractivity contribution in [1.29, 1.82) is 0 Å². The zero-order valence-electron chi connectivity index (χ0n) is 11.3. The molecule has 0 aliphatic carbocycles. The number of amides is 1. The average molecular weight is 347 g/mol. The van der Waals surface area contributed by atoms with E-state index in [0.29, 0.717) is 0 Å². The van der Waals surface area contributed by atoms with Gasteiger partial charge in [-0.25, -0.2) is 0 Å². The van der Waals surface area contributed by atoms with Crippen LogP contribution in [0.3, 0.4) is 0 Å². The van der Waals surface area contributed by atoms with Crippen molar-refractivity contribution in [2.24, 2.45) is 0 Å². The SMILES string of the molecule is O=C(Nc1cccc2c1NCCC2)c1ccc(Br)cc1O. The van der Waals surface area contributed by atoms with Crippen LogP contribution in [-0.2, 0) is 6.42 Å². The number of anilines is 2. The summed E-state index contributed by atoms with van der Waals surface area (Å²) in [7, 11) is 0. The Morgan fingerprint density at radius 3 is 2.95 bits per heavy atom. The van der Waals surface area contributed by atoms with E-state index >= 15 is 0 Å². The number of fused-ring (bicyclic) bond motifs is 1. The van der Waals surface area contributed by atoms with Crippen molar-refractivity contribution in [2.75, 3.05) is 17.2 Å². The molecule has 108 valence electrons. The summed E-state index contributed by atoms with van der Waals surface area (Å²) in [5, 5.41) is 16.1. The van der Waals surface area contributed by atoms with Gasteiger partial charge in [-0.15, -0.1) is 0 Å². The Morgan fingerprint density at radius 1 is 1.29 bits per heavy atom. The fraction of sp³-hybridized carbons (Fsp3) is 0.188. The first-order valence-electron chi connectivity index (χ1n) is 6.81. The number of aromatic hydroxyl groups is 1. The van der Waals surface area contributed by atoms with Gasteiger partial charge in [-0.2, -0.15) is 0 Å². The van der Waals surface area contributed by atoms with Crippen molar-refractivity contribution in [3.63, 3.8) is 0 Å². The predicted molar refractivity (Wildman–Crippen MR) is 87.0 cm³/mol. The number of hydrogen-bond acceptors (Lipinski definition) is 3. The minimum absolute atomic E-state index is 0.0420. The zero-order chi connectivity index (χ0) is 14.8. The lowest BCUT2D eigenvalue weighted by atomic mass is 10.0. The highest BCUT2D eigenvalue weighted by molar-refractivity contribution is 9.10. The maximum absolute atomic E-state index is 12.3. The number of rotatable bonds is 2. The number of halogens is 1. The summed E-state index contributed by atoms with van der Waals surface area (Å²) in [6.07, 6.45) is 2.10. The summed E-state index contributed by atoms with van der Waals surface area (Å²) in [5.74, 6) is -0.361. The Labute approximate surface area is 131 Å². The van der Waals surface area contributed by atoms with Crippen molar-refractivity contribution in [2.45, 2.75) is 12.8 Å². The molecule has 0 spiro atoms. The van der Waals surface area contributed by atoms with Crippen LogP contribution in [0, 0.1) is 0 Å². The predicted octanol–water partition coefficient (Wildman–Crippen LogP) is 3.77. The van der Waals surface area contributed by atoms with E-state index in [0.717, 1.165) is 35.2 Å². The second-order valence-electron chi connectivity index (χ2n) is 4.99. The standard InChI is InChI=1S/C16H15BrN2O2/c17-11-6-7-12(14(20)9-11)16(21)19-13-5-1-3-10-4-2-8-18-15(10)13/h1,3,5-7,9,18,20H,2,4,8H2,(H,19,21). The Bertz CT molecular complexity index is 701. The third-order valence-corrected chi connectivity index (χ3v) is 4.02. The van der Waals surface area contributed by atoms with Gasteiger partial charge in [0.05, 0.1) is 16.9 Å². The summed E-state index contributed by atoms with van der Waals surface area (Å²) in [5.41, 5.74) is 3.19. The van der Waals surface area contributed by atoms with E-state index in [2.05, 4.69) is 32.6 Å². The van der Waals surface area contributed by atoms with Gasteiger partial charge >= 0.3 is 0 Å². The normalized spacial score (nSPS) is 13.2. The fourth-order valence-corrected chi connectivity index (χ4v) is 2.85. The van der Waals surface area contributed by atoms with Crippen molar-refractivity contribution in [3.8, 4) is 5.75 Å². The average Bonchev–Trinajstić information content (AvgIpc) is 2.47. The molecule has 0 bridgehead atoms. The Balaban J connectivity index is 1.88. The van der Waals surface area contributed by atoms with Crippen LogP contribution in [-0.4, -0.2) is 17.6 Å². The van der Waals surface area contributed by atoms with E-state index in [9.17, 15) is 9.90 Å². The zero-order valence-corrected chi connectivity index (χ0v) is 12.9. The highest BCUT2D eigenvalue weighted by atomic mass is 79.9. The number of phenols is 1. The number of carbonyl (C=O) groups is 1. The molecule has 0 saturated carbocycles. The number of carbonyl (C=O) groups excluding carboxylic acids is 1. The molecule has 2 aromatic carbocycles. The highest BCUT2D eigenvalue weighted by Gasteiger charge is 2.16. The lowest BCUT2D eigenvalue weighted by molar-refractivity contribution is 0.102. The Hall–Kier alpha value is -2.01. The van der Waals surface area contributed by atoms with Gasteiger partial charge in [0.15, 0.2) is 0 Å². The maximum Gasteiger partial charge on any atom is 0.259 e. The summed E-state index contributed by atoms with van der Waals surface area (Å²) >= 11 is 3.26. The minimum Gasteiger partial charge on any atom is -0.507 e. The van der Waals surface area contributed by atoms with Gasteiger partial charge < -0.3 is 15.7 Å². The lowest BCUT2D eigenvalue weighted by Crippen LogP contribution is -2.17. The molecule has 0 atom stereocenters. The van der Waals surface area contributed by atoms with Gasteiger partial charge in [0.1, 0.15) is 5.75 Å². The molecule has 1 heterocycles. The number of aryl methyl sites for hydroxylation is 1. The van der Waals surface area contributed by atoms with Crippen LogP contribution in [0.5, 0.6) is 5.75 Å². The van der Waals surface area contributed by atoms with Crippen LogP contribution in [0.4, 0.5) is 11.4 Å². The molecule has 5 heteroatoms. The van der Waals surface area contributed by atoms with Crippen LogP contribution >= 0.6 is 15.9 Å². The number of phenolic OH excluding ortho intramolecular Hbond substituents is 1. The number of hydrogen-bond donors (Lipinski definition) is 3. The van der Waals surface area contributed by atoms with E-state index in [4.69, 9.17) is 0 Å². The molecule has 0 fully saturated rings. The number of benzene rings is 2. The highest BCUT2D eigenvalue weighted by Crippen LogP contribution is 2.31. The summed E-state index contributed by atoms with van der Waals surface area (Å²) < 4.78 is 0.732. The molecule has 21 heavy (non-hydrogen) atoms. The van der Waals surface area contributed by atoms with Crippen molar-refractivity contribution >= 4 is 33.2 Å². The van der Waals surface area contributed by atoms with E-state index in [1.165, 1.54) is 11.6 Å². The first-order valence-corrected chi connectivity index (χ1v) is 7.60. The molecular weight excluding hydrogens is 332 g/mol.